The van der Waals surface area contributed by atoms with Gasteiger partial charge in [0, 0.05) is 13.2 Å². The monoisotopic (exact) mass is 400 g/mol. The second-order valence-corrected chi connectivity index (χ2v) is 6.87. The minimum absolute atomic E-state index is 0.0390. The Kier molecular flexibility index (Phi) is 5.02. The van der Waals surface area contributed by atoms with Gasteiger partial charge in [-0.1, -0.05) is 23.9 Å². The normalized spacial score (nSPS) is 15.2. The lowest BCUT2D eigenvalue weighted by atomic mass is 10.2. The molecule has 1 atom stereocenters. The fraction of sp³-hybridized carbons (Fsp3) is 0.222. The number of benzene rings is 1. The van der Waals surface area contributed by atoms with Crippen molar-refractivity contribution < 1.29 is 23.5 Å². The molecule has 3 aromatic rings. The van der Waals surface area contributed by atoms with E-state index in [9.17, 15) is 9.59 Å². The number of carbonyl (C=O) groups is 2. The number of carbonyl (C=O) groups excluding carboxylic acids is 2. The van der Waals surface area contributed by atoms with Gasteiger partial charge in [-0.2, -0.15) is 0 Å². The summed E-state index contributed by atoms with van der Waals surface area (Å²) < 4.78 is 18.6. The average Bonchev–Trinajstić information content (AvgIpc) is 3.35. The molecule has 1 aliphatic heterocycles. The number of amides is 2. The van der Waals surface area contributed by atoms with E-state index in [0.29, 0.717) is 17.2 Å². The highest BCUT2D eigenvalue weighted by Gasteiger charge is 2.27. The Labute approximate surface area is 164 Å². The predicted octanol–water partition coefficient (Wildman–Crippen LogP) is 1.97. The van der Waals surface area contributed by atoms with Crippen molar-refractivity contribution >= 4 is 23.6 Å². The van der Waals surface area contributed by atoms with Crippen LogP contribution in [0.4, 0.5) is 0 Å². The topological polar surface area (TPSA) is 108 Å². The standard InChI is InChI=1S/C18H16N4O5S/c1-22-8-4-5-11(22)16(24)19-15(23)10-28-18-21-20-17(27-18)14-9-25-12-6-2-3-7-13(12)26-14/h2-8,14H,9-10H2,1H3,(H,19,23,24)/t14-/m0/s1. The van der Waals surface area contributed by atoms with Crippen molar-refractivity contribution in [2.45, 2.75) is 11.3 Å². The number of nitrogens with zero attached hydrogens (tertiary/aromatic N) is 3. The molecule has 2 aromatic heterocycles. The van der Waals surface area contributed by atoms with Gasteiger partial charge in [-0.05, 0) is 24.3 Å². The zero-order chi connectivity index (χ0) is 19.5. The molecule has 1 aliphatic rings. The third-order valence-corrected chi connectivity index (χ3v) is 4.78. The van der Waals surface area contributed by atoms with E-state index in [1.165, 1.54) is 0 Å². The van der Waals surface area contributed by atoms with Crippen LogP contribution in [0.5, 0.6) is 11.5 Å². The van der Waals surface area contributed by atoms with Crippen molar-refractivity contribution in [3.63, 3.8) is 0 Å². The molecule has 0 radical (unpaired) electrons. The van der Waals surface area contributed by atoms with Crippen molar-refractivity contribution in [1.29, 1.82) is 0 Å². The van der Waals surface area contributed by atoms with Crippen LogP contribution in [-0.4, -0.2) is 38.9 Å². The van der Waals surface area contributed by atoms with Crippen molar-refractivity contribution in [3.05, 3.63) is 54.2 Å². The summed E-state index contributed by atoms with van der Waals surface area (Å²) in [5.41, 5.74) is 0.396. The van der Waals surface area contributed by atoms with Gasteiger partial charge in [0.1, 0.15) is 12.3 Å². The lowest BCUT2D eigenvalue weighted by Gasteiger charge is -2.23. The Morgan fingerprint density at radius 1 is 1.21 bits per heavy atom. The van der Waals surface area contributed by atoms with E-state index in [1.54, 1.807) is 36.0 Å². The van der Waals surface area contributed by atoms with Gasteiger partial charge in [0.2, 0.25) is 12.0 Å². The second-order valence-electron chi connectivity index (χ2n) is 5.94. The summed E-state index contributed by atoms with van der Waals surface area (Å²) in [4.78, 5) is 24.0. The number of aromatic nitrogens is 3. The van der Waals surface area contributed by atoms with Crippen LogP contribution >= 0.6 is 11.8 Å². The molecular formula is C18H16N4O5S. The van der Waals surface area contributed by atoms with Gasteiger partial charge in [0.15, 0.2) is 11.5 Å². The second kappa shape index (κ2) is 7.77. The summed E-state index contributed by atoms with van der Waals surface area (Å²) in [5.74, 6) is 0.565. The molecule has 9 nitrogen and oxygen atoms in total. The van der Waals surface area contributed by atoms with Crippen LogP contribution < -0.4 is 14.8 Å². The van der Waals surface area contributed by atoms with Crippen LogP contribution in [0.3, 0.4) is 0 Å². The van der Waals surface area contributed by atoms with Crippen LogP contribution in [0.1, 0.15) is 22.5 Å². The number of imide groups is 1. The molecule has 4 rings (SSSR count). The highest BCUT2D eigenvalue weighted by molar-refractivity contribution is 7.99. The van der Waals surface area contributed by atoms with Crippen molar-refractivity contribution in [2.24, 2.45) is 7.05 Å². The third kappa shape index (κ3) is 3.86. The number of rotatable bonds is 5. The number of nitrogens with one attached hydrogen (secondary N) is 1. The van der Waals surface area contributed by atoms with E-state index in [0.717, 1.165) is 11.8 Å². The van der Waals surface area contributed by atoms with Gasteiger partial charge in [0.05, 0.1) is 5.75 Å². The number of para-hydroxylation sites is 2. The summed E-state index contributed by atoms with van der Waals surface area (Å²) in [7, 11) is 1.73. The van der Waals surface area contributed by atoms with Crippen LogP contribution in [0.2, 0.25) is 0 Å². The molecular weight excluding hydrogens is 384 g/mol. The first kappa shape index (κ1) is 18.1. The maximum absolute atomic E-state index is 12.0. The fourth-order valence-electron chi connectivity index (χ4n) is 2.60. The van der Waals surface area contributed by atoms with Gasteiger partial charge in [-0.3, -0.25) is 14.9 Å². The molecule has 10 heteroatoms. The Balaban J connectivity index is 1.31. The van der Waals surface area contributed by atoms with E-state index in [4.69, 9.17) is 13.9 Å². The van der Waals surface area contributed by atoms with E-state index >= 15 is 0 Å². The summed E-state index contributed by atoms with van der Waals surface area (Å²) in [5, 5.41) is 10.4. The molecule has 2 amide bonds. The first-order valence-corrected chi connectivity index (χ1v) is 9.39. The number of hydrogen-bond acceptors (Lipinski definition) is 8. The molecule has 0 fully saturated rings. The zero-order valence-corrected chi connectivity index (χ0v) is 15.6. The van der Waals surface area contributed by atoms with Gasteiger partial charge < -0.3 is 18.5 Å². The van der Waals surface area contributed by atoms with Gasteiger partial charge in [0.25, 0.3) is 17.0 Å². The van der Waals surface area contributed by atoms with Crippen molar-refractivity contribution in [2.75, 3.05) is 12.4 Å². The first-order valence-electron chi connectivity index (χ1n) is 8.40. The van der Waals surface area contributed by atoms with Crippen molar-refractivity contribution in [3.8, 4) is 11.5 Å². The van der Waals surface area contributed by atoms with Crippen LogP contribution in [0.15, 0.2) is 52.2 Å². The summed E-state index contributed by atoms with van der Waals surface area (Å²) in [6, 6.07) is 10.7. The van der Waals surface area contributed by atoms with Gasteiger partial charge in [-0.15, -0.1) is 10.2 Å². The van der Waals surface area contributed by atoms with Crippen LogP contribution in [0, 0.1) is 0 Å². The average molecular weight is 400 g/mol. The maximum atomic E-state index is 12.0. The molecule has 0 unspecified atom stereocenters. The Morgan fingerprint density at radius 3 is 2.82 bits per heavy atom. The number of hydrogen-bond donors (Lipinski definition) is 1. The molecule has 3 heterocycles. The minimum Gasteiger partial charge on any atom is -0.485 e. The maximum Gasteiger partial charge on any atom is 0.277 e. The van der Waals surface area contributed by atoms with Gasteiger partial charge >= 0.3 is 0 Å². The molecule has 1 N–H and O–H groups in total. The van der Waals surface area contributed by atoms with E-state index in [1.807, 2.05) is 18.2 Å². The molecule has 0 saturated heterocycles. The predicted molar refractivity (Wildman–Crippen MR) is 98.2 cm³/mol. The zero-order valence-electron chi connectivity index (χ0n) is 14.8. The minimum atomic E-state index is -0.524. The molecule has 0 aliphatic carbocycles. The first-order chi connectivity index (χ1) is 13.6. The largest absolute Gasteiger partial charge is 0.485 e. The molecule has 28 heavy (non-hydrogen) atoms. The SMILES string of the molecule is Cn1cccc1C(=O)NC(=O)CSc1nnc([C@@H]2COc3ccccc3O2)o1. The third-order valence-electron chi connectivity index (χ3n) is 3.96. The Morgan fingerprint density at radius 2 is 2.04 bits per heavy atom. The molecule has 0 saturated carbocycles. The van der Waals surface area contributed by atoms with E-state index < -0.39 is 17.9 Å². The molecule has 144 valence electrons. The highest BCUT2D eigenvalue weighted by atomic mass is 32.2. The number of thioether (sulfide) groups is 1. The van der Waals surface area contributed by atoms with Crippen LogP contribution in [0.25, 0.3) is 0 Å². The van der Waals surface area contributed by atoms with E-state index in [2.05, 4.69) is 15.5 Å². The van der Waals surface area contributed by atoms with Crippen LogP contribution in [-0.2, 0) is 11.8 Å². The summed E-state index contributed by atoms with van der Waals surface area (Å²) in [6.07, 6.45) is 1.20. The van der Waals surface area contributed by atoms with E-state index in [-0.39, 0.29) is 23.5 Å². The number of aryl methyl sites for hydroxylation is 1. The Bertz CT molecular complexity index is 1010. The fourth-order valence-corrected chi connectivity index (χ4v) is 3.17. The number of fused-ring (bicyclic) bond motifs is 1. The lowest BCUT2D eigenvalue weighted by molar-refractivity contribution is -0.117. The number of ether oxygens (including phenoxy) is 2. The summed E-state index contributed by atoms with van der Waals surface area (Å²) in [6.45, 7) is 0.245. The molecule has 0 bridgehead atoms. The Hall–Kier alpha value is -3.27. The molecule has 0 spiro atoms. The quantitative estimate of drug-likeness (QED) is 0.648. The lowest BCUT2D eigenvalue weighted by Crippen LogP contribution is -2.32. The highest BCUT2D eigenvalue weighted by Crippen LogP contribution is 2.35. The molecule has 1 aromatic carbocycles. The van der Waals surface area contributed by atoms with Crippen molar-refractivity contribution in [1.82, 2.24) is 20.1 Å². The smallest absolute Gasteiger partial charge is 0.277 e. The van der Waals surface area contributed by atoms with Gasteiger partial charge in [-0.25, -0.2) is 0 Å². The summed E-state index contributed by atoms with van der Waals surface area (Å²) >= 11 is 1.03.